The molecule has 0 aliphatic heterocycles. The highest BCUT2D eigenvalue weighted by molar-refractivity contribution is 5.75. The van der Waals surface area contributed by atoms with Crippen molar-refractivity contribution in [2.24, 2.45) is 46.3 Å². The fourth-order valence-corrected chi connectivity index (χ4v) is 9.58. The van der Waals surface area contributed by atoms with E-state index in [4.69, 9.17) is 0 Å². The van der Waals surface area contributed by atoms with Crippen molar-refractivity contribution >= 4 is 5.91 Å². The summed E-state index contributed by atoms with van der Waals surface area (Å²) < 4.78 is 0. The van der Waals surface area contributed by atoms with E-state index in [2.05, 4.69) is 36.1 Å². The van der Waals surface area contributed by atoms with Gasteiger partial charge in [0.05, 0.1) is 18.5 Å². The molecule has 4 aliphatic carbocycles. The van der Waals surface area contributed by atoms with Crippen LogP contribution in [0, 0.1) is 46.3 Å². The fraction of sp³-hybridized carbons (Fsp3) is 0.862. The Morgan fingerprint density at radius 3 is 2.69 bits per heavy atom. The molecule has 6 heteroatoms. The summed E-state index contributed by atoms with van der Waals surface area (Å²) in [6, 6.07) is 0. The van der Waals surface area contributed by atoms with Crippen molar-refractivity contribution < 1.29 is 15.0 Å². The van der Waals surface area contributed by atoms with Gasteiger partial charge in [0.2, 0.25) is 5.91 Å². The number of carbonyl (C=O) groups is 1. The van der Waals surface area contributed by atoms with Crippen LogP contribution >= 0.6 is 0 Å². The molecule has 1 aromatic rings. The summed E-state index contributed by atoms with van der Waals surface area (Å²) in [6.07, 6.45) is 14.1. The predicted octanol–water partition coefficient (Wildman–Crippen LogP) is 4.48. The third-order valence-electron chi connectivity index (χ3n) is 11.5. The Kier molecular flexibility index (Phi) is 7.08. The highest BCUT2D eigenvalue weighted by Gasteiger charge is 2.62. The van der Waals surface area contributed by atoms with E-state index in [-0.39, 0.29) is 28.9 Å². The van der Waals surface area contributed by atoms with Gasteiger partial charge < -0.3 is 20.5 Å². The molecule has 10 atom stereocenters. The summed E-state index contributed by atoms with van der Waals surface area (Å²) in [5, 5.41) is 24.8. The fourth-order valence-electron chi connectivity index (χ4n) is 9.58. The third-order valence-corrected chi connectivity index (χ3v) is 11.5. The van der Waals surface area contributed by atoms with Gasteiger partial charge in [-0.3, -0.25) is 4.79 Å². The number of H-pyrrole nitrogens is 1. The van der Waals surface area contributed by atoms with Crippen LogP contribution in [0.2, 0.25) is 0 Å². The minimum atomic E-state index is -0.220. The number of rotatable bonds is 7. The number of carbonyl (C=O) groups excluding carboxylic acids is 1. The van der Waals surface area contributed by atoms with Gasteiger partial charge in [-0.1, -0.05) is 20.8 Å². The number of fused-ring (bicyclic) bond motifs is 5. The van der Waals surface area contributed by atoms with Crippen molar-refractivity contribution in [3.8, 4) is 0 Å². The Balaban J connectivity index is 1.19. The monoisotopic (exact) mass is 485 g/mol. The highest BCUT2D eigenvalue weighted by Crippen LogP contribution is 2.68. The van der Waals surface area contributed by atoms with E-state index in [1.165, 1.54) is 25.7 Å². The smallest absolute Gasteiger partial charge is 0.220 e. The lowest BCUT2D eigenvalue weighted by Gasteiger charge is -2.62. The largest absolute Gasteiger partial charge is 0.393 e. The maximum Gasteiger partial charge on any atom is 0.220 e. The number of nitrogens with zero attached hydrogens (tertiary/aromatic N) is 1. The zero-order valence-corrected chi connectivity index (χ0v) is 22.0. The van der Waals surface area contributed by atoms with E-state index < -0.39 is 0 Å². The standard InChI is InChI=1S/C29H47N3O3/c1-18(4-7-26(35)31-13-10-20-16-30-17-32-20)22-5-6-23-27-24(9-12-29(22,23)3)28(2)11-8-21(33)14-19(28)15-25(27)34/h16-19,21-25,27,33-34H,4-15H2,1-3H3,(H,30,32)(H,31,35)/t18-,19+,21-,22-,23+,24+,25+,27+,28+,29-/m1/s1. The van der Waals surface area contributed by atoms with Crippen molar-refractivity contribution in [2.75, 3.05) is 6.54 Å². The first kappa shape index (κ1) is 25.3. The molecule has 4 N–H and O–H groups in total. The molecule has 0 spiro atoms. The molecule has 1 amide bonds. The molecule has 0 radical (unpaired) electrons. The van der Waals surface area contributed by atoms with Crippen LogP contribution < -0.4 is 5.32 Å². The Morgan fingerprint density at radius 2 is 1.91 bits per heavy atom. The van der Waals surface area contributed by atoms with Gasteiger partial charge in [0, 0.05) is 31.3 Å². The van der Waals surface area contributed by atoms with Crippen LogP contribution in [0.3, 0.4) is 0 Å². The molecular weight excluding hydrogens is 438 g/mol. The third kappa shape index (κ3) is 4.58. The molecule has 4 saturated carbocycles. The second kappa shape index (κ2) is 9.81. The molecule has 35 heavy (non-hydrogen) atoms. The van der Waals surface area contributed by atoms with Gasteiger partial charge in [-0.15, -0.1) is 0 Å². The van der Waals surface area contributed by atoms with Gasteiger partial charge in [-0.2, -0.15) is 0 Å². The van der Waals surface area contributed by atoms with Crippen molar-refractivity contribution in [1.29, 1.82) is 0 Å². The van der Waals surface area contributed by atoms with E-state index in [1.807, 2.05) is 6.20 Å². The number of nitrogens with one attached hydrogen (secondary N) is 2. The summed E-state index contributed by atoms with van der Waals surface area (Å²) in [5.41, 5.74) is 1.60. The van der Waals surface area contributed by atoms with Gasteiger partial charge in [-0.25, -0.2) is 4.98 Å². The van der Waals surface area contributed by atoms with E-state index in [1.54, 1.807) is 6.33 Å². The van der Waals surface area contributed by atoms with Crippen LogP contribution in [0.4, 0.5) is 0 Å². The van der Waals surface area contributed by atoms with Crippen LogP contribution in [0.5, 0.6) is 0 Å². The number of aliphatic hydroxyl groups excluding tert-OH is 2. The Labute approximate surface area is 211 Å². The summed E-state index contributed by atoms with van der Waals surface area (Å²) in [4.78, 5) is 19.6. The average Bonchev–Trinajstić information content (AvgIpc) is 3.46. The van der Waals surface area contributed by atoms with Crippen LogP contribution in [0.25, 0.3) is 0 Å². The predicted molar refractivity (Wildman–Crippen MR) is 136 cm³/mol. The van der Waals surface area contributed by atoms with Crippen LogP contribution in [-0.2, 0) is 11.2 Å². The lowest BCUT2D eigenvalue weighted by molar-refractivity contribution is -0.174. The molecule has 196 valence electrons. The zero-order chi connectivity index (χ0) is 24.8. The van der Waals surface area contributed by atoms with Crippen molar-refractivity contribution in [3.05, 3.63) is 18.2 Å². The van der Waals surface area contributed by atoms with E-state index >= 15 is 0 Å². The van der Waals surface area contributed by atoms with Crippen molar-refractivity contribution in [1.82, 2.24) is 15.3 Å². The van der Waals surface area contributed by atoms with Gasteiger partial charge in [-0.05, 0) is 104 Å². The first-order chi connectivity index (χ1) is 16.7. The molecule has 0 unspecified atom stereocenters. The Bertz CT molecular complexity index is 875. The molecule has 0 saturated heterocycles. The number of aromatic amines is 1. The van der Waals surface area contributed by atoms with Gasteiger partial charge in [0.25, 0.3) is 0 Å². The van der Waals surface area contributed by atoms with Crippen LogP contribution in [-0.4, -0.2) is 44.8 Å². The number of hydrogen-bond donors (Lipinski definition) is 4. The normalized spacial score (nSPS) is 43.6. The quantitative estimate of drug-likeness (QED) is 0.458. The van der Waals surface area contributed by atoms with Crippen molar-refractivity contribution in [2.45, 2.75) is 104 Å². The number of aliphatic hydroxyl groups is 2. The van der Waals surface area contributed by atoms with Crippen molar-refractivity contribution in [3.63, 3.8) is 0 Å². The lowest BCUT2D eigenvalue weighted by Crippen LogP contribution is -2.58. The van der Waals surface area contributed by atoms with Gasteiger partial charge >= 0.3 is 0 Å². The molecule has 1 heterocycles. The summed E-state index contributed by atoms with van der Waals surface area (Å²) >= 11 is 0. The molecule has 4 fully saturated rings. The second-order valence-corrected chi connectivity index (χ2v) is 13.1. The first-order valence-corrected chi connectivity index (χ1v) is 14.3. The minimum Gasteiger partial charge on any atom is -0.393 e. The van der Waals surface area contributed by atoms with E-state index in [0.29, 0.717) is 48.5 Å². The van der Waals surface area contributed by atoms with E-state index in [9.17, 15) is 15.0 Å². The average molecular weight is 486 g/mol. The maximum absolute atomic E-state index is 12.5. The van der Waals surface area contributed by atoms with Crippen LogP contribution in [0.15, 0.2) is 12.5 Å². The molecule has 6 nitrogen and oxygen atoms in total. The number of imidazole rings is 1. The SMILES string of the molecule is C[C@H](CCC(=O)NCCc1cnc[nH]1)[C@H]1CC[C@H]2[C@@H]3[C@@H](O)C[C@@H]4C[C@H](O)CC[C@]4(C)[C@H]3CC[C@]12C. The minimum absolute atomic E-state index is 0.154. The number of hydrogen-bond acceptors (Lipinski definition) is 4. The molecule has 0 aromatic carbocycles. The topological polar surface area (TPSA) is 98.2 Å². The molecule has 4 aliphatic rings. The molecule has 5 rings (SSSR count). The molecule has 1 aromatic heterocycles. The Hall–Kier alpha value is -1.40. The second-order valence-electron chi connectivity index (χ2n) is 13.1. The maximum atomic E-state index is 12.5. The van der Waals surface area contributed by atoms with Gasteiger partial charge in [0.15, 0.2) is 0 Å². The summed E-state index contributed by atoms with van der Waals surface area (Å²) in [6.45, 7) is 8.00. The number of amides is 1. The summed E-state index contributed by atoms with van der Waals surface area (Å²) in [5.74, 6) is 3.38. The zero-order valence-electron chi connectivity index (χ0n) is 22.0. The lowest BCUT2D eigenvalue weighted by atomic mass is 9.43. The summed E-state index contributed by atoms with van der Waals surface area (Å²) in [7, 11) is 0. The molecular formula is C29H47N3O3. The number of aromatic nitrogens is 2. The molecule has 0 bridgehead atoms. The highest BCUT2D eigenvalue weighted by atomic mass is 16.3. The Morgan fingerprint density at radius 1 is 1.14 bits per heavy atom. The van der Waals surface area contributed by atoms with Crippen LogP contribution in [0.1, 0.15) is 90.7 Å². The van der Waals surface area contributed by atoms with E-state index in [0.717, 1.165) is 44.2 Å². The van der Waals surface area contributed by atoms with Gasteiger partial charge in [0.1, 0.15) is 0 Å². The first-order valence-electron chi connectivity index (χ1n) is 14.3.